The molecule has 0 fully saturated rings. The minimum atomic E-state index is -3.26. The Labute approximate surface area is 93.1 Å². The van der Waals surface area contributed by atoms with E-state index < -0.39 is 15.3 Å². The van der Waals surface area contributed by atoms with E-state index in [-0.39, 0.29) is 6.54 Å². The fourth-order valence-electron chi connectivity index (χ4n) is 1.29. The molecular weight excluding hydrogens is 212 g/mol. The van der Waals surface area contributed by atoms with Crippen molar-refractivity contribution >= 4 is 10.0 Å². The molecule has 88 valence electrons. The third kappa shape index (κ3) is 4.20. The Kier molecular flexibility index (Phi) is 6.57. The maximum absolute atomic E-state index is 12.0. The number of hydrogen-bond acceptors (Lipinski definition) is 3. The molecule has 0 aromatic carbocycles. The molecule has 0 aliphatic carbocycles. The first-order valence-electron chi connectivity index (χ1n) is 5.07. The van der Waals surface area contributed by atoms with Crippen molar-refractivity contribution in [1.29, 1.82) is 0 Å². The van der Waals surface area contributed by atoms with Crippen molar-refractivity contribution in [2.45, 2.75) is 25.5 Å². The predicted octanol–water partition coefficient (Wildman–Crippen LogP) is 0.269. The van der Waals surface area contributed by atoms with Crippen molar-refractivity contribution in [2.24, 2.45) is 0 Å². The zero-order valence-corrected chi connectivity index (χ0v) is 10.5. The monoisotopic (exact) mass is 232 g/mol. The molecule has 1 unspecified atom stereocenters. The van der Waals surface area contributed by atoms with Gasteiger partial charge in [0.25, 0.3) is 0 Å². The molecule has 4 nitrogen and oxygen atoms in total. The number of rotatable bonds is 7. The van der Waals surface area contributed by atoms with Gasteiger partial charge >= 0.3 is 0 Å². The van der Waals surface area contributed by atoms with E-state index >= 15 is 0 Å². The van der Waals surface area contributed by atoms with Crippen molar-refractivity contribution < 1.29 is 8.42 Å². The van der Waals surface area contributed by atoms with E-state index in [2.05, 4.69) is 11.2 Å². The van der Waals surface area contributed by atoms with Crippen LogP contribution in [0.1, 0.15) is 20.3 Å². The number of terminal acetylenes is 1. The van der Waals surface area contributed by atoms with Gasteiger partial charge in [0.1, 0.15) is 0 Å². The highest BCUT2D eigenvalue weighted by atomic mass is 32.2. The van der Waals surface area contributed by atoms with Crippen LogP contribution in [0.25, 0.3) is 0 Å². The minimum Gasteiger partial charge on any atom is -0.318 e. The molecule has 5 heteroatoms. The Morgan fingerprint density at radius 1 is 1.53 bits per heavy atom. The van der Waals surface area contributed by atoms with E-state index in [9.17, 15) is 8.42 Å². The fourth-order valence-corrected chi connectivity index (χ4v) is 2.87. The quantitative estimate of drug-likeness (QED) is 0.641. The smallest absolute Gasteiger partial charge is 0.218 e. The zero-order chi connectivity index (χ0) is 11.9. The lowest BCUT2D eigenvalue weighted by molar-refractivity contribution is 0.436. The second-order valence-corrected chi connectivity index (χ2v) is 5.80. The van der Waals surface area contributed by atoms with Gasteiger partial charge in [0.15, 0.2) is 0 Å². The summed E-state index contributed by atoms with van der Waals surface area (Å²) >= 11 is 0. The second kappa shape index (κ2) is 6.83. The van der Waals surface area contributed by atoms with Crippen LogP contribution in [0.15, 0.2) is 0 Å². The van der Waals surface area contributed by atoms with Crippen LogP contribution in [0.5, 0.6) is 0 Å². The van der Waals surface area contributed by atoms with E-state index in [1.54, 1.807) is 14.0 Å². The summed E-state index contributed by atoms with van der Waals surface area (Å²) in [5, 5.41) is 2.41. The summed E-state index contributed by atoms with van der Waals surface area (Å²) < 4.78 is 25.4. The summed E-state index contributed by atoms with van der Waals surface area (Å²) in [7, 11) is -1.53. The summed E-state index contributed by atoms with van der Waals surface area (Å²) in [5.74, 6) is 2.38. The van der Waals surface area contributed by atoms with Gasteiger partial charge in [-0.2, -0.15) is 4.31 Å². The van der Waals surface area contributed by atoms with Gasteiger partial charge in [0, 0.05) is 13.1 Å². The van der Waals surface area contributed by atoms with Crippen LogP contribution in [0, 0.1) is 12.3 Å². The molecule has 0 amide bonds. The van der Waals surface area contributed by atoms with Crippen LogP contribution >= 0.6 is 0 Å². The van der Waals surface area contributed by atoms with Gasteiger partial charge in [-0.05, 0) is 20.4 Å². The van der Waals surface area contributed by atoms with Crippen molar-refractivity contribution in [1.82, 2.24) is 9.62 Å². The summed E-state index contributed by atoms with van der Waals surface area (Å²) in [5.41, 5.74) is 0. The molecule has 0 spiro atoms. The molecule has 1 atom stereocenters. The SMILES string of the molecule is C#CCN(CCC)S(=O)(=O)C(C)CNC. The molecule has 0 saturated heterocycles. The first-order valence-corrected chi connectivity index (χ1v) is 6.58. The lowest BCUT2D eigenvalue weighted by atomic mass is 10.5. The van der Waals surface area contributed by atoms with Crippen molar-refractivity contribution in [3.8, 4) is 12.3 Å². The normalized spacial score (nSPS) is 13.8. The van der Waals surface area contributed by atoms with Gasteiger partial charge in [0.2, 0.25) is 10.0 Å². The zero-order valence-electron chi connectivity index (χ0n) is 9.66. The van der Waals surface area contributed by atoms with Crippen molar-refractivity contribution in [3.05, 3.63) is 0 Å². The molecule has 1 N–H and O–H groups in total. The van der Waals surface area contributed by atoms with Gasteiger partial charge < -0.3 is 5.32 Å². The molecule has 0 aromatic heterocycles. The molecule has 0 heterocycles. The van der Waals surface area contributed by atoms with E-state index in [1.165, 1.54) is 4.31 Å². The van der Waals surface area contributed by atoms with Gasteiger partial charge in [-0.3, -0.25) is 0 Å². The number of nitrogens with zero attached hydrogens (tertiary/aromatic N) is 1. The highest BCUT2D eigenvalue weighted by Gasteiger charge is 2.26. The number of sulfonamides is 1. The first-order chi connectivity index (χ1) is 7.00. The van der Waals surface area contributed by atoms with E-state index in [4.69, 9.17) is 6.42 Å². The fraction of sp³-hybridized carbons (Fsp3) is 0.800. The molecule has 0 bridgehead atoms. The average Bonchev–Trinajstić information content (AvgIpc) is 2.18. The molecule has 0 radical (unpaired) electrons. The van der Waals surface area contributed by atoms with Gasteiger partial charge in [-0.1, -0.05) is 12.8 Å². The molecule has 0 rings (SSSR count). The summed E-state index contributed by atoms with van der Waals surface area (Å²) in [4.78, 5) is 0. The lowest BCUT2D eigenvalue weighted by Crippen LogP contribution is -2.42. The maximum Gasteiger partial charge on any atom is 0.218 e. The Balaban J connectivity index is 4.71. The molecule has 0 aromatic rings. The predicted molar refractivity (Wildman–Crippen MR) is 63.0 cm³/mol. The summed E-state index contributed by atoms with van der Waals surface area (Å²) in [6.45, 7) is 4.70. The van der Waals surface area contributed by atoms with Gasteiger partial charge in [-0.15, -0.1) is 6.42 Å². The Morgan fingerprint density at radius 2 is 2.13 bits per heavy atom. The van der Waals surface area contributed by atoms with Crippen LogP contribution in [-0.2, 0) is 10.0 Å². The van der Waals surface area contributed by atoms with Gasteiger partial charge in [0.05, 0.1) is 11.8 Å². The Hall–Kier alpha value is -0.570. The topological polar surface area (TPSA) is 49.4 Å². The van der Waals surface area contributed by atoms with Crippen molar-refractivity contribution in [2.75, 3.05) is 26.7 Å². The second-order valence-electron chi connectivity index (χ2n) is 3.45. The van der Waals surface area contributed by atoms with Crippen LogP contribution in [-0.4, -0.2) is 44.7 Å². The molecular formula is C10H20N2O2S. The third-order valence-corrected chi connectivity index (χ3v) is 4.32. The minimum absolute atomic E-state index is 0.157. The van der Waals surface area contributed by atoms with Crippen molar-refractivity contribution in [3.63, 3.8) is 0 Å². The first kappa shape index (κ1) is 14.4. The van der Waals surface area contributed by atoms with Crippen LogP contribution in [0.4, 0.5) is 0 Å². The summed E-state index contributed by atoms with van der Waals surface area (Å²) in [6, 6.07) is 0. The number of hydrogen-bond donors (Lipinski definition) is 1. The molecule has 0 aliphatic heterocycles. The van der Waals surface area contributed by atoms with Crippen LogP contribution in [0.3, 0.4) is 0 Å². The Bertz CT molecular complexity index is 306. The molecule has 15 heavy (non-hydrogen) atoms. The van der Waals surface area contributed by atoms with E-state index in [0.29, 0.717) is 13.1 Å². The number of nitrogens with one attached hydrogen (secondary N) is 1. The molecule has 0 saturated carbocycles. The van der Waals surface area contributed by atoms with Gasteiger partial charge in [-0.25, -0.2) is 8.42 Å². The third-order valence-electron chi connectivity index (χ3n) is 2.10. The maximum atomic E-state index is 12.0. The van der Waals surface area contributed by atoms with Crippen LogP contribution < -0.4 is 5.32 Å². The largest absolute Gasteiger partial charge is 0.318 e. The highest BCUT2D eigenvalue weighted by Crippen LogP contribution is 2.08. The van der Waals surface area contributed by atoms with E-state index in [0.717, 1.165) is 6.42 Å². The Morgan fingerprint density at radius 3 is 2.53 bits per heavy atom. The molecule has 0 aliphatic rings. The lowest BCUT2D eigenvalue weighted by Gasteiger charge is -2.23. The van der Waals surface area contributed by atoms with Crippen LogP contribution in [0.2, 0.25) is 0 Å². The highest BCUT2D eigenvalue weighted by molar-refractivity contribution is 7.89. The van der Waals surface area contributed by atoms with E-state index in [1.807, 2.05) is 6.92 Å². The summed E-state index contributed by atoms with van der Waals surface area (Å²) in [6.07, 6.45) is 5.93. The standard InChI is InChI=1S/C10H20N2O2S/c1-5-7-12(8-6-2)15(13,14)10(3)9-11-4/h1,10-11H,6-9H2,2-4H3. The average molecular weight is 232 g/mol.